The molecule has 2 aromatic rings. The van der Waals surface area contributed by atoms with Crippen LogP contribution in [0.3, 0.4) is 0 Å². The van der Waals surface area contributed by atoms with Gasteiger partial charge in [0.05, 0.1) is 10.9 Å². The predicted octanol–water partition coefficient (Wildman–Crippen LogP) is 1.76. The summed E-state index contributed by atoms with van der Waals surface area (Å²) in [5, 5.41) is 9.21. The van der Waals surface area contributed by atoms with E-state index < -0.39 is 0 Å². The maximum Gasteiger partial charge on any atom is 0.231 e. The molecule has 7 nitrogen and oxygen atoms in total. The van der Waals surface area contributed by atoms with Crippen LogP contribution in [-0.4, -0.2) is 76.1 Å². The van der Waals surface area contributed by atoms with Crippen molar-refractivity contribution in [3.63, 3.8) is 0 Å². The molecule has 1 unspecified atom stereocenters. The van der Waals surface area contributed by atoms with Crippen LogP contribution < -0.4 is 4.90 Å². The highest BCUT2D eigenvalue weighted by molar-refractivity contribution is 6.30. The summed E-state index contributed by atoms with van der Waals surface area (Å²) >= 11 is 6.13. The predicted molar refractivity (Wildman–Crippen MR) is 102 cm³/mol. The van der Waals surface area contributed by atoms with Crippen molar-refractivity contribution in [2.24, 2.45) is 5.92 Å². The first-order valence-corrected chi connectivity index (χ1v) is 9.80. The monoisotopic (exact) mass is 376 g/mol. The molecule has 8 heteroatoms. The van der Waals surface area contributed by atoms with Crippen molar-refractivity contribution in [1.29, 1.82) is 0 Å². The number of piperidine rings is 1. The minimum atomic E-state index is 0.0310. The molecule has 0 radical (unpaired) electrons. The third kappa shape index (κ3) is 3.38. The summed E-state index contributed by atoms with van der Waals surface area (Å²) in [6.07, 6.45) is 3.77. The van der Waals surface area contributed by atoms with E-state index in [4.69, 9.17) is 11.6 Å². The quantitative estimate of drug-likeness (QED) is 0.817. The third-order valence-corrected chi connectivity index (χ3v) is 5.76. The zero-order chi connectivity index (χ0) is 18.1. The number of aromatic nitrogens is 3. The van der Waals surface area contributed by atoms with Crippen LogP contribution in [0.15, 0.2) is 18.3 Å². The Morgan fingerprint density at radius 3 is 2.77 bits per heavy atom. The zero-order valence-corrected chi connectivity index (χ0v) is 15.9. The lowest BCUT2D eigenvalue weighted by Crippen LogP contribution is -2.52. The molecule has 0 bridgehead atoms. The highest BCUT2D eigenvalue weighted by atomic mass is 35.5. The van der Waals surface area contributed by atoms with Crippen LogP contribution in [0.25, 0.3) is 5.65 Å². The Bertz CT molecular complexity index is 785. The van der Waals surface area contributed by atoms with E-state index in [9.17, 15) is 4.79 Å². The topological polar surface area (TPSA) is 57.0 Å². The van der Waals surface area contributed by atoms with E-state index in [2.05, 4.69) is 26.9 Å². The van der Waals surface area contributed by atoms with Gasteiger partial charge < -0.3 is 14.7 Å². The van der Waals surface area contributed by atoms with E-state index in [1.165, 1.54) is 0 Å². The largest absolute Gasteiger partial charge is 0.340 e. The Morgan fingerprint density at radius 1 is 1.19 bits per heavy atom. The van der Waals surface area contributed by atoms with E-state index in [1.807, 2.05) is 27.6 Å². The maximum absolute atomic E-state index is 13.0. The number of fused-ring (bicyclic) bond motifs is 1. The maximum atomic E-state index is 13.0. The SMILES string of the molecule is CCN1CCN(C(=O)C2CCCN(c3nnc4ccc(Cl)cn34)C2)CC1. The minimum absolute atomic E-state index is 0.0310. The number of anilines is 1. The molecule has 1 atom stereocenters. The number of amides is 1. The van der Waals surface area contributed by atoms with Crippen molar-refractivity contribution in [3.8, 4) is 0 Å². The summed E-state index contributed by atoms with van der Waals surface area (Å²) in [6.45, 7) is 8.45. The van der Waals surface area contributed by atoms with Gasteiger partial charge in [0.2, 0.25) is 11.9 Å². The van der Waals surface area contributed by atoms with Crippen LogP contribution in [0, 0.1) is 5.92 Å². The second-order valence-electron chi connectivity index (χ2n) is 7.12. The Labute approximate surface area is 158 Å². The number of nitrogens with zero attached hydrogens (tertiary/aromatic N) is 6. The summed E-state index contributed by atoms with van der Waals surface area (Å²) < 4.78 is 1.91. The highest BCUT2D eigenvalue weighted by Crippen LogP contribution is 2.25. The molecular formula is C18H25ClN6O. The first-order valence-electron chi connectivity index (χ1n) is 9.42. The molecule has 0 saturated carbocycles. The van der Waals surface area contributed by atoms with E-state index in [1.54, 1.807) is 0 Å². The summed E-state index contributed by atoms with van der Waals surface area (Å²) in [5.74, 6) is 1.09. The first kappa shape index (κ1) is 17.5. The van der Waals surface area contributed by atoms with Crippen molar-refractivity contribution >= 4 is 29.1 Å². The molecule has 0 spiro atoms. The van der Waals surface area contributed by atoms with Crippen LogP contribution in [-0.2, 0) is 4.79 Å². The van der Waals surface area contributed by atoms with Gasteiger partial charge in [-0.2, -0.15) is 0 Å². The van der Waals surface area contributed by atoms with Gasteiger partial charge in [0.1, 0.15) is 0 Å². The van der Waals surface area contributed by atoms with Gasteiger partial charge in [-0.1, -0.05) is 18.5 Å². The molecule has 2 aromatic heterocycles. The summed E-state index contributed by atoms with van der Waals surface area (Å²) in [5.41, 5.74) is 0.772. The Balaban J connectivity index is 1.47. The molecule has 2 fully saturated rings. The van der Waals surface area contributed by atoms with Crippen LogP contribution in [0.1, 0.15) is 19.8 Å². The molecule has 0 aromatic carbocycles. The average Bonchev–Trinajstić information content (AvgIpc) is 3.10. The molecule has 140 valence electrons. The normalized spacial score (nSPS) is 22.2. The van der Waals surface area contributed by atoms with E-state index in [0.29, 0.717) is 11.6 Å². The number of likely N-dealkylation sites (N-methyl/N-ethyl adjacent to an activating group) is 1. The van der Waals surface area contributed by atoms with Crippen molar-refractivity contribution in [2.75, 3.05) is 50.7 Å². The number of hydrogen-bond acceptors (Lipinski definition) is 5. The fraction of sp³-hybridized carbons (Fsp3) is 0.611. The standard InChI is InChI=1S/C18H25ClN6O/c1-2-22-8-10-23(11-9-22)17(26)14-4-3-7-24(12-14)18-21-20-16-6-5-15(19)13-25(16)18/h5-6,13-14H,2-4,7-12H2,1H3. The van der Waals surface area contributed by atoms with Gasteiger partial charge >= 0.3 is 0 Å². The van der Waals surface area contributed by atoms with Crippen LogP contribution in [0.5, 0.6) is 0 Å². The van der Waals surface area contributed by atoms with Gasteiger partial charge in [-0.15, -0.1) is 10.2 Å². The van der Waals surface area contributed by atoms with E-state index in [0.717, 1.165) is 63.7 Å². The number of piperazine rings is 1. The molecule has 4 heterocycles. The number of pyridine rings is 1. The van der Waals surface area contributed by atoms with Crippen molar-refractivity contribution < 1.29 is 4.79 Å². The number of carbonyl (C=O) groups is 1. The molecule has 4 rings (SSSR count). The third-order valence-electron chi connectivity index (χ3n) is 5.53. The van der Waals surface area contributed by atoms with Gasteiger partial charge in [-0.25, -0.2) is 0 Å². The average molecular weight is 377 g/mol. The molecule has 2 saturated heterocycles. The van der Waals surface area contributed by atoms with Crippen molar-refractivity contribution in [1.82, 2.24) is 24.4 Å². The lowest BCUT2D eigenvalue weighted by molar-refractivity contribution is -0.137. The minimum Gasteiger partial charge on any atom is -0.340 e. The van der Waals surface area contributed by atoms with Gasteiger partial charge in [0.15, 0.2) is 5.65 Å². The summed E-state index contributed by atoms with van der Waals surface area (Å²) in [4.78, 5) is 19.6. The van der Waals surface area contributed by atoms with Gasteiger partial charge in [0, 0.05) is 45.5 Å². The lowest BCUT2D eigenvalue weighted by atomic mass is 9.96. The van der Waals surface area contributed by atoms with E-state index in [-0.39, 0.29) is 11.8 Å². The molecule has 0 N–H and O–H groups in total. The molecule has 2 aliphatic rings. The molecule has 26 heavy (non-hydrogen) atoms. The van der Waals surface area contributed by atoms with Gasteiger partial charge in [0.25, 0.3) is 0 Å². The Kier molecular flexibility index (Phi) is 5.00. The molecular weight excluding hydrogens is 352 g/mol. The highest BCUT2D eigenvalue weighted by Gasteiger charge is 2.32. The van der Waals surface area contributed by atoms with Gasteiger partial charge in [-0.3, -0.25) is 9.20 Å². The number of hydrogen-bond donors (Lipinski definition) is 0. The smallest absolute Gasteiger partial charge is 0.231 e. The zero-order valence-electron chi connectivity index (χ0n) is 15.1. The Morgan fingerprint density at radius 2 is 2.00 bits per heavy atom. The number of carbonyl (C=O) groups excluding carboxylic acids is 1. The van der Waals surface area contributed by atoms with Gasteiger partial charge in [-0.05, 0) is 31.5 Å². The lowest BCUT2D eigenvalue weighted by Gasteiger charge is -2.38. The fourth-order valence-corrected chi connectivity index (χ4v) is 4.13. The van der Waals surface area contributed by atoms with Crippen molar-refractivity contribution in [3.05, 3.63) is 23.4 Å². The second-order valence-corrected chi connectivity index (χ2v) is 7.56. The van der Waals surface area contributed by atoms with Crippen molar-refractivity contribution in [2.45, 2.75) is 19.8 Å². The fourth-order valence-electron chi connectivity index (χ4n) is 3.97. The summed E-state index contributed by atoms with van der Waals surface area (Å²) in [7, 11) is 0. The first-order chi connectivity index (χ1) is 12.7. The molecule has 2 aliphatic heterocycles. The van der Waals surface area contributed by atoms with Crippen LogP contribution >= 0.6 is 11.6 Å². The second kappa shape index (κ2) is 7.40. The Hall–Kier alpha value is -1.86. The number of halogens is 1. The number of rotatable bonds is 3. The molecule has 1 amide bonds. The summed E-state index contributed by atoms with van der Waals surface area (Å²) in [6, 6.07) is 3.67. The van der Waals surface area contributed by atoms with Crippen LogP contribution in [0.2, 0.25) is 5.02 Å². The van der Waals surface area contributed by atoms with E-state index >= 15 is 0 Å². The molecule has 0 aliphatic carbocycles. The van der Waals surface area contributed by atoms with Crippen LogP contribution in [0.4, 0.5) is 5.95 Å².